The summed E-state index contributed by atoms with van der Waals surface area (Å²) in [5.74, 6) is 1.17. The number of methoxy groups -OCH3 is 1. The minimum atomic E-state index is -0.517. The van der Waals surface area contributed by atoms with Gasteiger partial charge in [-0.2, -0.15) is 5.26 Å². The maximum absolute atomic E-state index is 12.6. The van der Waals surface area contributed by atoms with Gasteiger partial charge >= 0.3 is 0 Å². The van der Waals surface area contributed by atoms with Crippen LogP contribution in [0.25, 0.3) is 6.08 Å². The van der Waals surface area contributed by atoms with E-state index in [0.29, 0.717) is 28.6 Å². The van der Waals surface area contributed by atoms with E-state index in [2.05, 4.69) is 5.32 Å². The van der Waals surface area contributed by atoms with Crippen LogP contribution in [0.5, 0.6) is 17.2 Å². The molecule has 1 amide bonds. The van der Waals surface area contributed by atoms with E-state index in [4.69, 9.17) is 37.4 Å². The van der Waals surface area contributed by atoms with Gasteiger partial charge < -0.3 is 19.5 Å². The number of benzene rings is 3. The summed E-state index contributed by atoms with van der Waals surface area (Å²) in [6, 6.07) is 21.6. The fourth-order valence-electron chi connectivity index (χ4n) is 2.99. The molecule has 3 aromatic carbocycles. The summed E-state index contributed by atoms with van der Waals surface area (Å²) in [4.78, 5) is 12.6. The van der Waals surface area contributed by atoms with Gasteiger partial charge in [-0.05, 0) is 48.0 Å². The normalized spacial score (nSPS) is 10.8. The molecule has 0 atom stereocenters. The molecule has 3 aromatic rings. The predicted octanol–water partition coefficient (Wildman–Crippen LogP) is 5.68. The lowest BCUT2D eigenvalue weighted by Gasteiger charge is -2.13. The van der Waals surface area contributed by atoms with Crippen LogP contribution in [0.2, 0.25) is 10.0 Å². The standard InChI is InChI=1S/C26H22Cl2N2O4/c1-32-22-7-9-23(10-8-22)33-11-12-34-25-19(14-21(27)15-24(25)28)13-20(16-29)26(31)30-17-18-5-3-2-4-6-18/h2-10,13-15H,11-12,17H2,1H3,(H,30,31)/b20-13+. The number of carbonyl (C=O) groups excluding carboxylic acids is 1. The molecule has 8 heteroatoms. The first-order chi connectivity index (χ1) is 16.5. The maximum atomic E-state index is 12.6. The van der Waals surface area contributed by atoms with Gasteiger partial charge in [0.1, 0.15) is 42.1 Å². The van der Waals surface area contributed by atoms with Crippen molar-refractivity contribution < 1.29 is 19.0 Å². The highest BCUT2D eigenvalue weighted by molar-refractivity contribution is 6.36. The van der Waals surface area contributed by atoms with Crippen molar-refractivity contribution in [3.63, 3.8) is 0 Å². The molecule has 0 spiro atoms. The Kier molecular flexibility index (Phi) is 9.21. The van der Waals surface area contributed by atoms with E-state index in [1.807, 2.05) is 36.4 Å². The summed E-state index contributed by atoms with van der Waals surface area (Å²) in [6.45, 7) is 0.717. The molecule has 0 saturated carbocycles. The zero-order valence-electron chi connectivity index (χ0n) is 18.4. The topological polar surface area (TPSA) is 80.6 Å². The Hall–Kier alpha value is -3.66. The smallest absolute Gasteiger partial charge is 0.262 e. The Labute approximate surface area is 208 Å². The molecule has 0 radical (unpaired) electrons. The Morgan fingerprint density at radius 3 is 2.35 bits per heavy atom. The third-order valence-corrected chi connectivity index (χ3v) is 5.15. The highest BCUT2D eigenvalue weighted by Crippen LogP contribution is 2.34. The third-order valence-electron chi connectivity index (χ3n) is 4.66. The van der Waals surface area contributed by atoms with Gasteiger partial charge in [-0.25, -0.2) is 0 Å². The molecule has 0 bridgehead atoms. The average molecular weight is 497 g/mol. The Balaban J connectivity index is 1.68. The van der Waals surface area contributed by atoms with Gasteiger partial charge in [0.25, 0.3) is 5.91 Å². The average Bonchev–Trinajstić information content (AvgIpc) is 2.85. The summed E-state index contributed by atoms with van der Waals surface area (Å²) >= 11 is 12.5. The molecule has 1 N–H and O–H groups in total. The number of hydrogen-bond donors (Lipinski definition) is 1. The predicted molar refractivity (Wildman–Crippen MR) is 132 cm³/mol. The lowest BCUT2D eigenvalue weighted by Crippen LogP contribution is -2.23. The number of carbonyl (C=O) groups is 1. The zero-order chi connectivity index (χ0) is 24.3. The number of amides is 1. The highest BCUT2D eigenvalue weighted by Gasteiger charge is 2.14. The zero-order valence-corrected chi connectivity index (χ0v) is 19.9. The summed E-state index contributed by atoms with van der Waals surface area (Å²) in [5, 5.41) is 12.9. The van der Waals surface area contributed by atoms with Gasteiger partial charge in [-0.15, -0.1) is 0 Å². The number of nitrogens with zero attached hydrogens (tertiary/aromatic N) is 1. The van der Waals surface area contributed by atoms with Crippen molar-refractivity contribution in [2.24, 2.45) is 0 Å². The number of halogens is 2. The Bertz CT molecular complexity index is 1190. The van der Waals surface area contributed by atoms with E-state index in [1.54, 1.807) is 37.4 Å². The number of ether oxygens (including phenoxy) is 3. The molecule has 0 aliphatic heterocycles. The lowest BCUT2D eigenvalue weighted by atomic mass is 10.1. The second-order valence-electron chi connectivity index (χ2n) is 7.02. The van der Waals surface area contributed by atoms with E-state index < -0.39 is 5.91 Å². The first-order valence-electron chi connectivity index (χ1n) is 10.3. The van der Waals surface area contributed by atoms with Crippen LogP contribution in [0.15, 0.2) is 72.3 Å². The van der Waals surface area contributed by atoms with Crippen molar-refractivity contribution in [3.05, 3.63) is 93.5 Å². The number of hydrogen-bond acceptors (Lipinski definition) is 5. The van der Waals surface area contributed by atoms with Gasteiger partial charge in [0.2, 0.25) is 0 Å². The number of nitriles is 1. The van der Waals surface area contributed by atoms with Crippen LogP contribution in [-0.4, -0.2) is 26.2 Å². The minimum absolute atomic E-state index is 0.103. The van der Waals surface area contributed by atoms with Gasteiger partial charge in [0.15, 0.2) is 0 Å². The molecule has 3 rings (SSSR count). The van der Waals surface area contributed by atoms with Gasteiger partial charge in [-0.3, -0.25) is 4.79 Å². The van der Waals surface area contributed by atoms with Crippen molar-refractivity contribution in [3.8, 4) is 23.3 Å². The molecule has 0 aliphatic carbocycles. The maximum Gasteiger partial charge on any atom is 0.262 e. The van der Waals surface area contributed by atoms with Crippen LogP contribution in [0.3, 0.4) is 0 Å². The first kappa shape index (κ1) is 25.0. The van der Waals surface area contributed by atoms with Gasteiger partial charge in [0, 0.05) is 17.1 Å². The van der Waals surface area contributed by atoms with Crippen molar-refractivity contribution >= 4 is 35.2 Å². The molecule has 0 unspecified atom stereocenters. The van der Waals surface area contributed by atoms with Crippen molar-refractivity contribution in [1.29, 1.82) is 5.26 Å². The number of rotatable bonds is 10. The second kappa shape index (κ2) is 12.5. The monoisotopic (exact) mass is 496 g/mol. The molecule has 34 heavy (non-hydrogen) atoms. The largest absolute Gasteiger partial charge is 0.497 e. The van der Waals surface area contributed by atoms with Crippen molar-refractivity contribution in [2.45, 2.75) is 6.54 Å². The number of nitrogens with one attached hydrogen (secondary N) is 1. The Morgan fingerprint density at radius 2 is 1.68 bits per heavy atom. The summed E-state index contributed by atoms with van der Waals surface area (Å²) < 4.78 is 16.6. The first-order valence-corrected chi connectivity index (χ1v) is 11.1. The molecule has 0 saturated heterocycles. The second-order valence-corrected chi connectivity index (χ2v) is 7.86. The van der Waals surface area contributed by atoms with Gasteiger partial charge in [-0.1, -0.05) is 53.5 Å². The molecule has 174 valence electrons. The van der Waals surface area contributed by atoms with Crippen LogP contribution in [-0.2, 0) is 11.3 Å². The van der Waals surface area contributed by atoms with Crippen molar-refractivity contribution in [2.75, 3.05) is 20.3 Å². The summed E-state index contributed by atoms with van der Waals surface area (Å²) in [5.41, 5.74) is 1.22. The fraction of sp³-hybridized carbons (Fsp3) is 0.154. The van der Waals surface area contributed by atoms with Crippen LogP contribution >= 0.6 is 23.2 Å². The molecule has 0 aliphatic rings. The molecular weight excluding hydrogens is 475 g/mol. The fourth-order valence-corrected chi connectivity index (χ4v) is 3.56. The lowest BCUT2D eigenvalue weighted by molar-refractivity contribution is -0.117. The van der Waals surface area contributed by atoms with E-state index in [0.717, 1.165) is 11.3 Å². The van der Waals surface area contributed by atoms with Crippen LogP contribution < -0.4 is 19.5 Å². The van der Waals surface area contributed by atoms with Crippen molar-refractivity contribution in [1.82, 2.24) is 5.32 Å². The molecule has 6 nitrogen and oxygen atoms in total. The summed E-state index contributed by atoms with van der Waals surface area (Å²) in [6.07, 6.45) is 1.40. The molecule has 0 fully saturated rings. The molecular formula is C26H22Cl2N2O4. The Morgan fingerprint density at radius 1 is 1.00 bits per heavy atom. The van der Waals surface area contributed by atoms with Crippen LogP contribution in [0, 0.1) is 11.3 Å². The van der Waals surface area contributed by atoms with Crippen LogP contribution in [0.1, 0.15) is 11.1 Å². The molecule has 0 heterocycles. The van der Waals surface area contributed by atoms with E-state index >= 15 is 0 Å². The third kappa shape index (κ3) is 7.17. The summed E-state index contributed by atoms with van der Waals surface area (Å²) in [7, 11) is 1.59. The quantitative estimate of drug-likeness (QED) is 0.221. The SMILES string of the molecule is COc1ccc(OCCOc2c(Cl)cc(Cl)cc2/C=C(\C#N)C(=O)NCc2ccccc2)cc1. The minimum Gasteiger partial charge on any atom is -0.497 e. The molecule has 0 aromatic heterocycles. The van der Waals surface area contributed by atoms with E-state index in [9.17, 15) is 10.1 Å². The van der Waals surface area contributed by atoms with Gasteiger partial charge in [0.05, 0.1) is 12.1 Å². The highest BCUT2D eigenvalue weighted by atomic mass is 35.5. The van der Waals surface area contributed by atoms with E-state index in [1.165, 1.54) is 12.1 Å². The van der Waals surface area contributed by atoms with E-state index in [-0.39, 0.29) is 23.8 Å². The van der Waals surface area contributed by atoms with Crippen LogP contribution in [0.4, 0.5) is 0 Å².